The van der Waals surface area contributed by atoms with Crippen LogP contribution >= 0.6 is 11.3 Å². The zero-order valence-corrected chi connectivity index (χ0v) is 24.6. The second-order valence-corrected chi connectivity index (χ2v) is 12.5. The molecule has 45 heavy (non-hydrogen) atoms. The van der Waals surface area contributed by atoms with Crippen LogP contribution in [0.15, 0.2) is 142 Å². The average Bonchev–Trinajstić information content (AvgIpc) is 3.78. The van der Waals surface area contributed by atoms with E-state index in [1.807, 2.05) is 47.7 Å². The fourth-order valence-corrected chi connectivity index (χ4v) is 7.59. The van der Waals surface area contributed by atoms with Crippen molar-refractivity contribution in [1.82, 2.24) is 9.97 Å². The molecule has 4 nitrogen and oxygen atoms in total. The van der Waals surface area contributed by atoms with E-state index in [2.05, 4.69) is 97.1 Å². The summed E-state index contributed by atoms with van der Waals surface area (Å²) in [5.74, 6) is 0.643. The Bertz CT molecular complexity index is 2650. The molecule has 0 spiro atoms. The summed E-state index contributed by atoms with van der Waals surface area (Å²) >= 11 is 1.82. The zero-order chi connectivity index (χ0) is 29.5. The minimum absolute atomic E-state index is 0.643. The topological polar surface area (TPSA) is 52.1 Å². The first-order chi connectivity index (χ1) is 22.2. The van der Waals surface area contributed by atoms with Gasteiger partial charge in [0, 0.05) is 58.4 Å². The lowest BCUT2D eigenvalue weighted by atomic mass is 10.0. The van der Waals surface area contributed by atoms with Gasteiger partial charge in [-0.05, 0) is 60.7 Å². The van der Waals surface area contributed by atoms with E-state index < -0.39 is 0 Å². The Morgan fingerprint density at radius 1 is 0.378 bits per heavy atom. The third-order valence-electron chi connectivity index (χ3n) is 8.71. The highest BCUT2D eigenvalue weighted by atomic mass is 32.1. The standard InChI is InChI=1S/C40H22N2O2S/c1-4-10-34-26(7-1)28-16-13-24(20-36(28)43-34)33-22-32(23-15-18-39-31(19-23)30-9-3-6-12-38(30)45-39)41-40(42-33)25-14-17-29-27-8-2-5-11-35(27)44-37(29)21-25/h1-22H. The summed E-state index contributed by atoms with van der Waals surface area (Å²) in [7, 11) is 0. The maximum absolute atomic E-state index is 6.25. The number of furan rings is 2. The molecule has 10 rings (SSSR count). The molecule has 0 radical (unpaired) electrons. The maximum atomic E-state index is 6.25. The van der Waals surface area contributed by atoms with E-state index in [1.54, 1.807) is 0 Å². The molecule has 0 saturated carbocycles. The predicted octanol–water partition coefficient (Wildman–Crippen LogP) is 11.6. The fraction of sp³-hybridized carbons (Fsp3) is 0. The zero-order valence-electron chi connectivity index (χ0n) is 23.8. The molecular formula is C40H22N2O2S. The average molecular weight is 595 g/mol. The largest absolute Gasteiger partial charge is 0.456 e. The van der Waals surface area contributed by atoms with Crippen LogP contribution in [0.2, 0.25) is 0 Å². The SMILES string of the molecule is c1ccc2c(c1)oc1cc(-c3cc(-c4ccc5sc6ccccc6c5c4)nc(-c4ccc5c(c4)oc4ccccc45)n3)ccc12. The lowest BCUT2D eigenvalue weighted by molar-refractivity contribution is 0.668. The molecule has 0 bridgehead atoms. The Morgan fingerprint density at radius 3 is 1.60 bits per heavy atom. The number of hydrogen-bond donors (Lipinski definition) is 0. The van der Waals surface area contributed by atoms with Crippen LogP contribution in [0.4, 0.5) is 0 Å². The lowest BCUT2D eigenvalue weighted by Crippen LogP contribution is -1.96. The second kappa shape index (κ2) is 9.36. The van der Waals surface area contributed by atoms with Crippen molar-refractivity contribution in [2.75, 3.05) is 0 Å². The number of para-hydroxylation sites is 2. The van der Waals surface area contributed by atoms with Crippen LogP contribution < -0.4 is 0 Å². The van der Waals surface area contributed by atoms with Gasteiger partial charge >= 0.3 is 0 Å². The summed E-state index contributed by atoms with van der Waals surface area (Å²) in [5.41, 5.74) is 8.02. The Labute approximate surface area is 260 Å². The van der Waals surface area contributed by atoms with E-state index in [0.717, 1.165) is 72.0 Å². The van der Waals surface area contributed by atoms with Crippen LogP contribution in [0, 0.1) is 0 Å². The van der Waals surface area contributed by atoms with E-state index in [0.29, 0.717) is 5.82 Å². The van der Waals surface area contributed by atoms with Crippen LogP contribution in [0.5, 0.6) is 0 Å². The van der Waals surface area contributed by atoms with Crippen LogP contribution in [0.1, 0.15) is 0 Å². The van der Waals surface area contributed by atoms with Crippen LogP contribution in [-0.4, -0.2) is 9.97 Å². The maximum Gasteiger partial charge on any atom is 0.160 e. The highest BCUT2D eigenvalue weighted by Crippen LogP contribution is 2.38. The molecule has 210 valence electrons. The monoisotopic (exact) mass is 594 g/mol. The van der Waals surface area contributed by atoms with Gasteiger partial charge in [0.1, 0.15) is 22.3 Å². The minimum atomic E-state index is 0.643. The van der Waals surface area contributed by atoms with Gasteiger partial charge in [0.05, 0.1) is 11.4 Å². The molecule has 4 heterocycles. The van der Waals surface area contributed by atoms with Crippen molar-refractivity contribution in [3.05, 3.63) is 133 Å². The first kappa shape index (κ1) is 24.6. The third kappa shape index (κ3) is 3.84. The molecule has 4 aromatic heterocycles. The van der Waals surface area contributed by atoms with E-state index >= 15 is 0 Å². The Kier molecular flexibility index (Phi) is 5.12. The van der Waals surface area contributed by atoms with Crippen molar-refractivity contribution in [1.29, 1.82) is 0 Å². The fourth-order valence-electron chi connectivity index (χ4n) is 6.51. The molecule has 6 aromatic carbocycles. The Hall–Kier alpha value is -5.78. The van der Waals surface area contributed by atoms with Crippen molar-refractivity contribution >= 4 is 75.4 Å². The van der Waals surface area contributed by atoms with Crippen LogP contribution in [0.25, 0.3) is 98.0 Å². The summed E-state index contributed by atoms with van der Waals surface area (Å²) in [6.45, 7) is 0. The molecule has 0 aliphatic heterocycles. The van der Waals surface area contributed by atoms with Crippen molar-refractivity contribution < 1.29 is 8.83 Å². The number of nitrogens with zero attached hydrogens (tertiary/aromatic N) is 2. The Balaban J connectivity index is 1.19. The van der Waals surface area contributed by atoms with Crippen LogP contribution in [-0.2, 0) is 0 Å². The van der Waals surface area contributed by atoms with Gasteiger partial charge in [0.25, 0.3) is 0 Å². The van der Waals surface area contributed by atoms with Crippen molar-refractivity contribution in [2.45, 2.75) is 0 Å². The number of aromatic nitrogens is 2. The molecule has 10 aromatic rings. The van der Waals surface area contributed by atoms with Gasteiger partial charge < -0.3 is 8.83 Å². The number of benzene rings is 6. The third-order valence-corrected chi connectivity index (χ3v) is 9.86. The number of thiophene rings is 1. The number of fused-ring (bicyclic) bond motifs is 9. The summed E-state index contributed by atoms with van der Waals surface area (Å²) in [5, 5.41) is 6.88. The van der Waals surface area contributed by atoms with Gasteiger partial charge in [0.15, 0.2) is 5.82 Å². The minimum Gasteiger partial charge on any atom is -0.456 e. The Morgan fingerprint density at radius 2 is 0.889 bits per heavy atom. The first-order valence-corrected chi connectivity index (χ1v) is 15.7. The van der Waals surface area contributed by atoms with Gasteiger partial charge in [0.2, 0.25) is 0 Å². The molecule has 0 amide bonds. The predicted molar refractivity (Wildman–Crippen MR) is 186 cm³/mol. The molecule has 5 heteroatoms. The number of hydrogen-bond acceptors (Lipinski definition) is 5. The van der Waals surface area contributed by atoms with Gasteiger partial charge in [-0.2, -0.15) is 0 Å². The lowest BCUT2D eigenvalue weighted by Gasteiger charge is -2.10. The molecule has 0 atom stereocenters. The van der Waals surface area contributed by atoms with E-state index in [-0.39, 0.29) is 0 Å². The number of rotatable bonds is 3. The smallest absolute Gasteiger partial charge is 0.160 e. The molecule has 0 aliphatic carbocycles. The van der Waals surface area contributed by atoms with Crippen LogP contribution in [0.3, 0.4) is 0 Å². The van der Waals surface area contributed by atoms with Crippen molar-refractivity contribution in [2.24, 2.45) is 0 Å². The molecule has 0 N–H and O–H groups in total. The van der Waals surface area contributed by atoms with Gasteiger partial charge in [-0.3, -0.25) is 0 Å². The molecular weight excluding hydrogens is 573 g/mol. The highest BCUT2D eigenvalue weighted by Gasteiger charge is 2.16. The van der Waals surface area contributed by atoms with E-state index in [1.165, 1.54) is 20.2 Å². The van der Waals surface area contributed by atoms with Crippen molar-refractivity contribution in [3.8, 4) is 33.9 Å². The second-order valence-electron chi connectivity index (χ2n) is 11.4. The molecule has 0 unspecified atom stereocenters. The van der Waals surface area contributed by atoms with Gasteiger partial charge in [-0.15, -0.1) is 11.3 Å². The summed E-state index contributed by atoms with van der Waals surface area (Å²) < 4.78 is 15.0. The van der Waals surface area contributed by atoms with Gasteiger partial charge in [-0.25, -0.2) is 9.97 Å². The van der Waals surface area contributed by atoms with E-state index in [4.69, 9.17) is 18.8 Å². The summed E-state index contributed by atoms with van der Waals surface area (Å²) in [6, 6.07) is 46.2. The highest BCUT2D eigenvalue weighted by molar-refractivity contribution is 7.25. The quantitative estimate of drug-likeness (QED) is 0.204. The molecule has 0 fully saturated rings. The van der Waals surface area contributed by atoms with Gasteiger partial charge in [-0.1, -0.05) is 72.8 Å². The molecule has 0 saturated heterocycles. The summed E-state index contributed by atoms with van der Waals surface area (Å²) in [6.07, 6.45) is 0. The first-order valence-electron chi connectivity index (χ1n) is 14.9. The summed E-state index contributed by atoms with van der Waals surface area (Å²) in [4.78, 5) is 10.3. The molecule has 0 aliphatic rings. The van der Waals surface area contributed by atoms with Crippen molar-refractivity contribution in [3.63, 3.8) is 0 Å². The van der Waals surface area contributed by atoms with E-state index in [9.17, 15) is 0 Å². The normalized spacial score (nSPS) is 12.0.